The number of halogens is 3. The quantitative estimate of drug-likeness (QED) is 0.434. The summed E-state index contributed by atoms with van der Waals surface area (Å²) in [6.45, 7) is 0. The van der Waals surface area contributed by atoms with Gasteiger partial charge in [0.05, 0.1) is 5.71 Å². The van der Waals surface area contributed by atoms with E-state index in [2.05, 4.69) is 10.2 Å². The van der Waals surface area contributed by atoms with Gasteiger partial charge in [-0.05, 0) is 47.5 Å². The molecule has 2 rings (SSSR count). The maximum atomic E-state index is 5.97. The Labute approximate surface area is 162 Å². The second-order valence-corrected chi connectivity index (χ2v) is 5.70. The van der Waals surface area contributed by atoms with Crippen molar-refractivity contribution in [3.8, 4) is 0 Å². The third-order valence-corrected chi connectivity index (χ3v) is 3.34. The van der Waals surface area contributed by atoms with E-state index in [-0.39, 0.29) is 18.4 Å². The van der Waals surface area contributed by atoms with E-state index in [1.807, 2.05) is 60.7 Å². The minimum atomic E-state index is -0.111. The van der Waals surface area contributed by atoms with Crippen LogP contribution in [0.25, 0.3) is 12.2 Å². The predicted molar refractivity (Wildman–Crippen MR) is 111 cm³/mol. The number of hydrogen-bond acceptors (Lipinski definition) is 2. The molecule has 0 radical (unpaired) electrons. The van der Waals surface area contributed by atoms with Gasteiger partial charge in [-0.3, -0.25) is 0 Å². The first-order valence-corrected chi connectivity index (χ1v) is 7.82. The van der Waals surface area contributed by atoms with E-state index >= 15 is 0 Å². The van der Waals surface area contributed by atoms with Crippen LogP contribution >= 0.6 is 35.6 Å². The van der Waals surface area contributed by atoms with Crippen LogP contribution in [0.4, 0.5) is 0 Å². The fraction of sp³-hybridized carbons (Fsp3) is 0. The van der Waals surface area contributed by atoms with E-state index in [1.165, 1.54) is 0 Å². The van der Waals surface area contributed by atoms with Crippen LogP contribution in [0, 0.1) is 0 Å². The normalized spacial score (nSPS) is 10.5. The summed E-state index contributed by atoms with van der Waals surface area (Å²) in [7, 11) is 0. The van der Waals surface area contributed by atoms with Gasteiger partial charge in [0.15, 0.2) is 0 Å². The van der Waals surface area contributed by atoms with Gasteiger partial charge in [-0.1, -0.05) is 59.6 Å². The number of nitrogens with two attached hydrogens (primary N) is 2. The van der Waals surface area contributed by atoms with Crippen molar-refractivity contribution < 1.29 is 0 Å². The highest BCUT2D eigenvalue weighted by Crippen LogP contribution is 2.13. The molecule has 0 saturated heterocycles. The van der Waals surface area contributed by atoms with Crippen molar-refractivity contribution in [3.63, 3.8) is 0 Å². The lowest BCUT2D eigenvalue weighted by molar-refractivity contribution is 1.21. The lowest BCUT2D eigenvalue weighted by atomic mass is 10.1. The lowest BCUT2D eigenvalue weighted by Crippen LogP contribution is -2.22. The number of guanidine groups is 1. The highest BCUT2D eigenvalue weighted by molar-refractivity contribution is 6.31. The molecule has 2 aromatic rings. The molecule has 0 aromatic heterocycles. The monoisotopic (exact) mass is 394 g/mol. The molecule has 130 valence electrons. The number of rotatable bonds is 5. The minimum absolute atomic E-state index is 0. The van der Waals surface area contributed by atoms with Crippen molar-refractivity contribution in [1.29, 1.82) is 0 Å². The summed E-state index contributed by atoms with van der Waals surface area (Å²) in [5.74, 6) is -0.111. The second-order valence-electron chi connectivity index (χ2n) is 4.83. The fourth-order valence-electron chi connectivity index (χ4n) is 1.82. The van der Waals surface area contributed by atoms with Crippen LogP contribution in [0.5, 0.6) is 0 Å². The molecule has 0 spiro atoms. The van der Waals surface area contributed by atoms with Crippen LogP contribution in [-0.4, -0.2) is 11.7 Å². The average molecular weight is 396 g/mol. The largest absolute Gasteiger partial charge is 0.369 e. The molecule has 0 atom stereocenters. The summed E-state index contributed by atoms with van der Waals surface area (Å²) in [4.78, 5) is 0. The Hall–Kier alpha value is -2.27. The lowest BCUT2D eigenvalue weighted by Gasteiger charge is -1.97. The molecule has 4 N–H and O–H groups in total. The second kappa shape index (κ2) is 10.6. The molecular formula is C18H17Cl3N4. The molecule has 0 saturated carbocycles. The zero-order chi connectivity index (χ0) is 17.4. The Balaban J connectivity index is 0.00000312. The first-order valence-electron chi connectivity index (χ1n) is 7.07. The molecule has 0 unspecified atom stereocenters. The first kappa shape index (κ1) is 20.8. The molecule has 4 nitrogen and oxygen atoms in total. The van der Waals surface area contributed by atoms with E-state index in [4.69, 9.17) is 34.7 Å². The van der Waals surface area contributed by atoms with Gasteiger partial charge < -0.3 is 11.5 Å². The standard InChI is InChI=1S/C18H16Cl2N4.ClH/c19-15-5-1-3-13(11-15)7-9-17(23-24-18(21)22)10-8-14-4-2-6-16(20)12-14;/h1-12H,(H4,21,22,24);1H. The number of hydrogen-bond donors (Lipinski definition) is 2. The van der Waals surface area contributed by atoms with E-state index in [9.17, 15) is 0 Å². The SMILES string of the molecule is Cl.NC(N)=NN=C(C=Cc1cccc(Cl)c1)C=Cc1cccc(Cl)c1. The summed E-state index contributed by atoms with van der Waals surface area (Å²) in [6.07, 6.45) is 7.32. The van der Waals surface area contributed by atoms with Crippen LogP contribution in [0.3, 0.4) is 0 Å². The zero-order valence-corrected chi connectivity index (χ0v) is 15.5. The molecule has 0 heterocycles. The number of benzene rings is 2. The van der Waals surface area contributed by atoms with Crippen molar-refractivity contribution in [2.24, 2.45) is 21.7 Å². The van der Waals surface area contributed by atoms with E-state index in [0.29, 0.717) is 15.8 Å². The molecule has 7 heteroatoms. The summed E-state index contributed by atoms with van der Waals surface area (Å²) < 4.78 is 0. The van der Waals surface area contributed by atoms with Crippen molar-refractivity contribution in [3.05, 3.63) is 81.9 Å². The average Bonchev–Trinajstić information content (AvgIpc) is 2.54. The highest BCUT2D eigenvalue weighted by atomic mass is 35.5. The summed E-state index contributed by atoms with van der Waals surface area (Å²) in [6, 6.07) is 14.9. The molecule has 0 aliphatic rings. The van der Waals surface area contributed by atoms with E-state index in [0.717, 1.165) is 11.1 Å². The first-order chi connectivity index (χ1) is 11.5. The Morgan fingerprint density at radius 2 is 1.28 bits per heavy atom. The third kappa shape index (κ3) is 7.90. The predicted octanol–water partition coefficient (Wildman–Crippen LogP) is 4.77. The maximum Gasteiger partial charge on any atom is 0.211 e. The van der Waals surface area contributed by atoms with Gasteiger partial charge in [-0.2, -0.15) is 0 Å². The summed E-state index contributed by atoms with van der Waals surface area (Å²) >= 11 is 11.9. The van der Waals surface area contributed by atoms with Gasteiger partial charge in [-0.25, -0.2) is 0 Å². The van der Waals surface area contributed by atoms with E-state index in [1.54, 1.807) is 12.2 Å². The molecule has 0 amide bonds. The van der Waals surface area contributed by atoms with Crippen LogP contribution in [0.15, 0.2) is 70.9 Å². The Kier molecular flexibility index (Phi) is 8.78. The van der Waals surface area contributed by atoms with Crippen LogP contribution in [-0.2, 0) is 0 Å². The molecule has 25 heavy (non-hydrogen) atoms. The Morgan fingerprint density at radius 3 is 1.68 bits per heavy atom. The number of nitrogens with zero attached hydrogens (tertiary/aromatic N) is 2. The fourth-order valence-corrected chi connectivity index (χ4v) is 2.22. The Morgan fingerprint density at radius 1 is 0.800 bits per heavy atom. The third-order valence-electron chi connectivity index (χ3n) is 2.87. The number of allylic oxidation sites excluding steroid dienone is 2. The van der Waals surface area contributed by atoms with Crippen molar-refractivity contribution in [1.82, 2.24) is 0 Å². The molecule has 0 aliphatic heterocycles. The van der Waals surface area contributed by atoms with Gasteiger partial charge in [0.1, 0.15) is 0 Å². The summed E-state index contributed by atoms with van der Waals surface area (Å²) in [5.41, 5.74) is 13.1. The maximum absolute atomic E-state index is 5.97. The van der Waals surface area contributed by atoms with Gasteiger partial charge in [0.25, 0.3) is 0 Å². The van der Waals surface area contributed by atoms with Gasteiger partial charge in [-0.15, -0.1) is 22.6 Å². The topological polar surface area (TPSA) is 76.8 Å². The molecule has 0 bridgehead atoms. The minimum Gasteiger partial charge on any atom is -0.369 e. The zero-order valence-electron chi connectivity index (χ0n) is 13.1. The van der Waals surface area contributed by atoms with Crippen LogP contribution in [0.1, 0.15) is 11.1 Å². The molecular weight excluding hydrogens is 379 g/mol. The van der Waals surface area contributed by atoms with Crippen LogP contribution < -0.4 is 11.5 Å². The summed E-state index contributed by atoms with van der Waals surface area (Å²) in [5, 5.41) is 9.03. The van der Waals surface area contributed by atoms with Crippen molar-refractivity contribution >= 4 is 59.4 Å². The van der Waals surface area contributed by atoms with Gasteiger partial charge >= 0.3 is 0 Å². The molecule has 0 aliphatic carbocycles. The van der Waals surface area contributed by atoms with Crippen molar-refractivity contribution in [2.45, 2.75) is 0 Å². The molecule has 2 aromatic carbocycles. The van der Waals surface area contributed by atoms with E-state index < -0.39 is 0 Å². The van der Waals surface area contributed by atoms with Gasteiger partial charge in [0.2, 0.25) is 5.96 Å². The Bertz CT molecular complexity index is 765. The molecule has 0 fully saturated rings. The smallest absolute Gasteiger partial charge is 0.211 e. The van der Waals surface area contributed by atoms with Crippen LogP contribution in [0.2, 0.25) is 10.0 Å². The highest BCUT2D eigenvalue weighted by Gasteiger charge is 1.94. The van der Waals surface area contributed by atoms with Gasteiger partial charge in [0, 0.05) is 10.0 Å². The van der Waals surface area contributed by atoms with Crippen molar-refractivity contribution in [2.75, 3.05) is 0 Å².